The van der Waals surface area contributed by atoms with Crippen molar-refractivity contribution >= 4 is 34.5 Å². The van der Waals surface area contributed by atoms with Crippen LogP contribution in [0.5, 0.6) is 11.5 Å². The Kier molecular flexibility index (Phi) is 7.59. The van der Waals surface area contributed by atoms with Gasteiger partial charge in [-0.1, -0.05) is 49.1 Å². The number of benzene rings is 2. The van der Waals surface area contributed by atoms with Crippen LogP contribution in [0.4, 0.5) is 15.9 Å². The molecule has 2 heterocycles. The molecule has 2 aromatic carbocycles. The summed E-state index contributed by atoms with van der Waals surface area (Å²) < 4.78 is 22.3. The zero-order valence-electron chi connectivity index (χ0n) is 22.3. The Labute approximate surface area is 231 Å². The summed E-state index contributed by atoms with van der Waals surface area (Å²) in [4.78, 5) is 29.0. The number of ether oxygens (including phenoxy) is 1. The van der Waals surface area contributed by atoms with E-state index in [1.54, 1.807) is 48.0 Å². The van der Waals surface area contributed by atoms with Gasteiger partial charge in [0.05, 0.1) is 12.4 Å². The average Bonchev–Trinajstić information content (AvgIpc) is 3.73. The van der Waals surface area contributed by atoms with Gasteiger partial charge in [-0.2, -0.15) is 0 Å². The van der Waals surface area contributed by atoms with Gasteiger partial charge in [0, 0.05) is 23.2 Å². The number of anilines is 2. The highest BCUT2D eigenvalue weighted by Crippen LogP contribution is 2.31. The molecule has 0 bridgehead atoms. The number of rotatable bonds is 9. The Balaban J connectivity index is 1.21. The zero-order valence-corrected chi connectivity index (χ0v) is 22.3. The fraction of sp³-hybridized carbons (Fsp3) is 0.156. The molecule has 2 amide bonds. The van der Waals surface area contributed by atoms with Crippen LogP contribution in [0.1, 0.15) is 32.3 Å². The second kappa shape index (κ2) is 11.4. The molecule has 0 radical (unpaired) electrons. The fourth-order valence-corrected chi connectivity index (χ4v) is 3.98. The number of carbonyl (C=O) groups is 2. The maximum Gasteiger partial charge on any atom is 0.251 e. The Hall–Kier alpha value is -4.98. The standard InChI is InChI=1S/C32H29FN4O3/c1-20(22(3)23-7-5-4-6-8-23)9-10-21(2)31(38)34-25-13-15-28(27(33)17-25)40-26-14-16-30-35-29(19-37(30)18-26)36-32(39)24-11-12-24/h4-10,13-19,24H,3,11-12H2,1-2H3,(H,34,38)(H,36,39)/b20-9-,21-10+. The lowest BCUT2D eigenvalue weighted by molar-refractivity contribution is -0.117. The molecule has 4 aromatic rings. The lowest BCUT2D eigenvalue weighted by Gasteiger charge is -2.10. The minimum Gasteiger partial charge on any atom is -0.453 e. The molecule has 40 heavy (non-hydrogen) atoms. The lowest BCUT2D eigenvalue weighted by Crippen LogP contribution is -2.13. The summed E-state index contributed by atoms with van der Waals surface area (Å²) in [6.45, 7) is 7.75. The number of imidazole rings is 1. The largest absolute Gasteiger partial charge is 0.453 e. The first-order chi connectivity index (χ1) is 19.3. The van der Waals surface area contributed by atoms with Crippen LogP contribution in [0.3, 0.4) is 0 Å². The molecule has 1 aliphatic carbocycles. The van der Waals surface area contributed by atoms with Gasteiger partial charge < -0.3 is 19.8 Å². The van der Waals surface area contributed by atoms with Crippen LogP contribution >= 0.6 is 0 Å². The molecule has 0 spiro atoms. The van der Waals surface area contributed by atoms with Crippen molar-refractivity contribution in [2.45, 2.75) is 26.7 Å². The third kappa shape index (κ3) is 6.35. The van der Waals surface area contributed by atoms with Gasteiger partial charge in [0.25, 0.3) is 5.91 Å². The molecule has 0 aliphatic heterocycles. The van der Waals surface area contributed by atoms with Gasteiger partial charge in [0.2, 0.25) is 5.91 Å². The number of nitrogens with one attached hydrogen (secondary N) is 2. The van der Waals surface area contributed by atoms with Crippen molar-refractivity contribution in [2.24, 2.45) is 5.92 Å². The first-order valence-corrected chi connectivity index (χ1v) is 12.9. The third-order valence-electron chi connectivity index (χ3n) is 6.58. The molecule has 1 aliphatic rings. The molecule has 1 saturated carbocycles. The number of carbonyl (C=O) groups excluding carboxylic acids is 2. The maximum atomic E-state index is 14.9. The van der Waals surface area contributed by atoms with Crippen LogP contribution in [0.2, 0.25) is 0 Å². The Morgan fingerprint density at radius 1 is 1.00 bits per heavy atom. The lowest BCUT2D eigenvalue weighted by atomic mass is 10.0. The highest BCUT2D eigenvalue weighted by molar-refractivity contribution is 6.03. The normalized spacial score (nSPS) is 13.7. The van der Waals surface area contributed by atoms with Crippen molar-refractivity contribution in [3.8, 4) is 11.5 Å². The summed E-state index contributed by atoms with van der Waals surface area (Å²) in [6.07, 6.45) is 8.70. The van der Waals surface area contributed by atoms with Gasteiger partial charge in [0.1, 0.15) is 11.4 Å². The quantitative estimate of drug-likeness (QED) is 0.176. The highest BCUT2D eigenvalue weighted by Gasteiger charge is 2.30. The predicted molar refractivity (Wildman–Crippen MR) is 155 cm³/mol. The first kappa shape index (κ1) is 26.6. The third-order valence-corrected chi connectivity index (χ3v) is 6.58. The molecule has 8 heteroatoms. The maximum absolute atomic E-state index is 14.9. The average molecular weight is 537 g/mol. The van der Waals surface area contributed by atoms with Gasteiger partial charge >= 0.3 is 0 Å². The molecule has 2 aromatic heterocycles. The summed E-state index contributed by atoms with van der Waals surface area (Å²) in [5.74, 6) is -0.0821. The highest BCUT2D eigenvalue weighted by atomic mass is 19.1. The Bertz CT molecular complexity index is 1670. The second-order valence-corrected chi connectivity index (χ2v) is 9.77. The summed E-state index contributed by atoms with van der Waals surface area (Å²) in [7, 11) is 0. The summed E-state index contributed by atoms with van der Waals surface area (Å²) in [6, 6.07) is 17.4. The van der Waals surface area contributed by atoms with E-state index in [0.29, 0.717) is 28.5 Å². The van der Waals surface area contributed by atoms with Crippen LogP contribution in [0.25, 0.3) is 11.2 Å². The van der Waals surface area contributed by atoms with E-state index in [-0.39, 0.29) is 23.5 Å². The van der Waals surface area contributed by atoms with Crippen molar-refractivity contribution in [3.63, 3.8) is 0 Å². The van der Waals surface area contributed by atoms with Gasteiger partial charge in [-0.3, -0.25) is 9.59 Å². The van der Waals surface area contributed by atoms with E-state index in [0.717, 1.165) is 29.6 Å². The molecule has 1 fully saturated rings. The summed E-state index contributed by atoms with van der Waals surface area (Å²) in [5.41, 5.74) is 4.20. The van der Waals surface area contributed by atoms with E-state index in [9.17, 15) is 14.0 Å². The number of nitrogens with zero attached hydrogens (tertiary/aromatic N) is 2. The zero-order chi connectivity index (χ0) is 28.2. The number of fused-ring (bicyclic) bond motifs is 1. The monoisotopic (exact) mass is 536 g/mol. The SMILES string of the molecule is C=C(/C(C)=C\C=C(/C)C(=O)Nc1ccc(Oc2ccc3nc(NC(=O)C4CC4)cn3c2)c(F)c1)c1ccccc1. The van der Waals surface area contributed by atoms with Crippen LogP contribution in [0.15, 0.2) is 103 Å². The van der Waals surface area contributed by atoms with E-state index in [1.165, 1.54) is 12.1 Å². The summed E-state index contributed by atoms with van der Waals surface area (Å²) in [5, 5.41) is 5.52. The molecule has 202 valence electrons. The number of pyridine rings is 1. The van der Waals surface area contributed by atoms with Gasteiger partial charge in [0.15, 0.2) is 17.4 Å². The molecule has 7 nitrogen and oxygen atoms in total. The molecule has 0 unspecified atom stereocenters. The Morgan fingerprint density at radius 3 is 2.48 bits per heavy atom. The van der Waals surface area contributed by atoms with Crippen molar-refractivity contribution < 1.29 is 18.7 Å². The van der Waals surface area contributed by atoms with Crippen LogP contribution in [-0.4, -0.2) is 21.2 Å². The van der Waals surface area contributed by atoms with Crippen molar-refractivity contribution in [2.75, 3.05) is 10.6 Å². The van der Waals surface area contributed by atoms with Gasteiger partial charge in [-0.15, -0.1) is 0 Å². The van der Waals surface area contributed by atoms with Crippen molar-refractivity contribution in [3.05, 3.63) is 114 Å². The molecule has 2 N–H and O–H groups in total. The number of amides is 2. The number of aromatic nitrogens is 2. The Morgan fingerprint density at radius 2 is 1.75 bits per heavy atom. The van der Waals surface area contributed by atoms with Crippen LogP contribution < -0.4 is 15.4 Å². The molecule has 0 saturated heterocycles. The number of halogens is 1. The van der Waals surface area contributed by atoms with E-state index in [4.69, 9.17) is 4.74 Å². The van der Waals surface area contributed by atoms with E-state index in [2.05, 4.69) is 22.2 Å². The minimum atomic E-state index is -0.627. The molecule has 0 atom stereocenters. The van der Waals surface area contributed by atoms with E-state index < -0.39 is 5.82 Å². The van der Waals surface area contributed by atoms with E-state index >= 15 is 0 Å². The van der Waals surface area contributed by atoms with Crippen molar-refractivity contribution in [1.82, 2.24) is 9.38 Å². The topological polar surface area (TPSA) is 84.7 Å². The summed E-state index contributed by atoms with van der Waals surface area (Å²) >= 11 is 0. The molecule has 5 rings (SSSR count). The minimum absolute atomic E-state index is 0.00460. The number of allylic oxidation sites excluding steroid dienone is 4. The van der Waals surface area contributed by atoms with E-state index in [1.807, 2.05) is 43.3 Å². The smallest absolute Gasteiger partial charge is 0.251 e. The van der Waals surface area contributed by atoms with Crippen LogP contribution in [-0.2, 0) is 9.59 Å². The number of hydrogen-bond acceptors (Lipinski definition) is 4. The van der Waals surface area contributed by atoms with Crippen molar-refractivity contribution in [1.29, 1.82) is 0 Å². The molecular formula is C32H29FN4O3. The van der Waals surface area contributed by atoms with Gasteiger partial charge in [-0.05, 0) is 67.7 Å². The first-order valence-electron chi connectivity index (χ1n) is 12.9. The fourth-order valence-electron chi connectivity index (χ4n) is 3.98. The number of hydrogen-bond donors (Lipinski definition) is 2. The van der Waals surface area contributed by atoms with Crippen LogP contribution in [0, 0.1) is 11.7 Å². The van der Waals surface area contributed by atoms with Gasteiger partial charge in [-0.25, -0.2) is 9.37 Å². The molecular weight excluding hydrogens is 507 g/mol. The second-order valence-electron chi connectivity index (χ2n) is 9.77. The predicted octanol–water partition coefficient (Wildman–Crippen LogP) is 7.16.